The van der Waals surface area contributed by atoms with Crippen LogP contribution in [0.15, 0.2) is 42.5 Å². The fourth-order valence-corrected chi connectivity index (χ4v) is 5.08. The molecule has 0 fully saturated rings. The molecule has 11 heteroatoms. The predicted octanol–water partition coefficient (Wildman–Crippen LogP) is 3.60. The molecule has 0 saturated heterocycles. The van der Waals surface area contributed by atoms with Crippen LogP contribution in [0, 0.1) is 0 Å². The van der Waals surface area contributed by atoms with E-state index in [1.54, 1.807) is 49.4 Å². The SMILES string of the molecule is CCCCNC(=O)[C@H](C)N(Cc1ccccc1Cl)C(=O)CN(c1ccc2c(c1)OCCO2)S(=O)(=O)CC. The highest BCUT2D eigenvalue weighted by Crippen LogP contribution is 2.35. The summed E-state index contributed by atoms with van der Waals surface area (Å²) in [6.07, 6.45) is 1.72. The smallest absolute Gasteiger partial charge is 0.244 e. The van der Waals surface area contributed by atoms with Crippen LogP contribution >= 0.6 is 11.6 Å². The second-order valence-electron chi connectivity index (χ2n) is 8.67. The average molecular weight is 552 g/mol. The molecule has 0 unspecified atom stereocenters. The number of halogens is 1. The monoisotopic (exact) mass is 551 g/mol. The largest absolute Gasteiger partial charge is 0.486 e. The third-order valence-electron chi connectivity index (χ3n) is 6.09. The molecule has 37 heavy (non-hydrogen) atoms. The number of nitrogens with one attached hydrogen (secondary N) is 1. The van der Waals surface area contributed by atoms with E-state index in [0.717, 1.165) is 17.1 Å². The van der Waals surface area contributed by atoms with Crippen LogP contribution in [0.5, 0.6) is 11.5 Å². The summed E-state index contributed by atoms with van der Waals surface area (Å²) >= 11 is 6.35. The maximum Gasteiger partial charge on any atom is 0.244 e. The fraction of sp³-hybridized carbons (Fsp3) is 0.462. The molecule has 1 N–H and O–H groups in total. The minimum Gasteiger partial charge on any atom is -0.486 e. The van der Waals surface area contributed by atoms with Gasteiger partial charge in [0, 0.05) is 24.2 Å². The van der Waals surface area contributed by atoms with Crippen molar-refractivity contribution < 1.29 is 27.5 Å². The van der Waals surface area contributed by atoms with Gasteiger partial charge in [-0.1, -0.05) is 43.1 Å². The van der Waals surface area contributed by atoms with E-state index in [1.165, 1.54) is 11.8 Å². The highest BCUT2D eigenvalue weighted by atomic mass is 35.5. The molecule has 0 radical (unpaired) electrons. The van der Waals surface area contributed by atoms with Gasteiger partial charge in [-0.2, -0.15) is 0 Å². The minimum atomic E-state index is -3.85. The van der Waals surface area contributed by atoms with Gasteiger partial charge in [-0.05, 0) is 44.0 Å². The highest BCUT2D eigenvalue weighted by Gasteiger charge is 2.31. The predicted molar refractivity (Wildman–Crippen MR) is 144 cm³/mol. The second kappa shape index (κ2) is 13.0. The van der Waals surface area contributed by atoms with Crippen molar-refractivity contribution in [1.82, 2.24) is 10.2 Å². The second-order valence-corrected chi connectivity index (χ2v) is 11.3. The molecule has 0 saturated carbocycles. The Morgan fingerprint density at radius 3 is 2.46 bits per heavy atom. The van der Waals surface area contributed by atoms with Gasteiger partial charge in [0.05, 0.1) is 11.4 Å². The first-order valence-corrected chi connectivity index (χ1v) is 14.4. The van der Waals surface area contributed by atoms with E-state index in [-0.39, 0.29) is 23.9 Å². The van der Waals surface area contributed by atoms with Gasteiger partial charge >= 0.3 is 0 Å². The average Bonchev–Trinajstić information content (AvgIpc) is 2.90. The molecule has 9 nitrogen and oxygen atoms in total. The van der Waals surface area contributed by atoms with Crippen molar-refractivity contribution in [2.75, 3.05) is 36.4 Å². The van der Waals surface area contributed by atoms with Crippen LogP contribution in [0.4, 0.5) is 5.69 Å². The number of ether oxygens (including phenoxy) is 2. The van der Waals surface area contributed by atoms with Gasteiger partial charge in [-0.15, -0.1) is 0 Å². The summed E-state index contributed by atoms with van der Waals surface area (Å²) in [6, 6.07) is 10.9. The maximum atomic E-state index is 13.7. The summed E-state index contributed by atoms with van der Waals surface area (Å²) in [7, 11) is -3.85. The molecule has 2 aromatic carbocycles. The van der Waals surface area contributed by atoms with Crippen molar-refractivity contribution in [2.24, 2.45) is 0 Å². The normalized spacial score (nSPS) is 13.5. The topological polar surface area (TPSA) is 105 Å². The van der Waals surface area contributed by atoms with Crippen molar-refractivity contribution in [1.29, 1.82) is 0 Å². The van der Waals surface area contributed by atoms with Crippen molar-refractivity contribution in [2.45, 2.75) is 46.2 Å². The summed E-state index contributed by atoms with van der Waals surface area (Å²) in [4.78, 5) is 28.0. The Morgan fingerprint density at radius 2 is 1.78 bits per heavy atom. The molecule has 202 valence electrons. The Morgan fingerprint density at radius 1 is 1.08 bits per heavy atom. The standard InChI is InChI=1S/C26H34ClN3O6S/c1-4-6-13-28-26(32)19(3)29(17-20-9-7-8-10-22(20)27)25(31)18-30(37(33,34)5-2)21-11-12-23-24(16-21)36-15-14-35-23/h7-12,16,19H,4-6,13-15,17-18H2,1-3H3,(H,28,32)/t19-/m0/s1. The van der Waals surface area contributed by atoms with Crippen LogP contribution in [-0.2, 0) is 26.2 Å². The number of hydrogen-bond donors (Lipinski definition) is 1. The zero-order chi connectivity index (χ0) is 27.0. The zero-order valence-corrected chi connectivity index (χ0v) is 23.0. The first kappa shape index (κ1) is 28.6. The van der Waals surface area contributed by atoms with E-state index in [9.17, 15) is 18.0 Å². The zero-order valence-electron chi connectivity index (χ0n) is 21.4. The van der Waals surface area contributed by atoms with Crippen LogP contribution in [-0.4, -0.2) is 63.2 Å². The summed E-state index contributed by atoms with van der Waals surface area (Å²) in [5.74, 6) is -0.160. The van der Waals surface area contributed by atoms with Crippen molar-refractivity contribution in [3.8, 4) is 11.5 Å². The number of carbonyl (C=O) groups excluding carboxylic acids is 2. The highest BCUT2D eigenvalue weighted by molar-refractivity contribution is 7.92. The summed E-state index contributed by atoms with van der Waals surface area (Å²) in [5.41, 5.74) is 0.923. The van der Waals surface area contributed by atoms with Gasteiger partial charge in [-0.3, -0.25) is 13.9 Å². The molecule has 1 heterocycles. The molecule has 2 amide bonds. The van der Waals surface area contributed by atoms with Gasteiger partial charge in [-0.25, -0.2) is 8.42 Å². The number of unbranched alkanes of at least 4 members (excludes halogenated alkanes) is 1. The van der Waals surface area contributed by atoms with Gasteiger partial charge in [0.25, 0.3) is 0 Å². The Hall–Kier alpha value is -2.98. The third kappa shape index (κ3) is 7.29. The summed E-state index contributed by atoms with van der Waals surface area (Å²) in [5, 5.41) is 3.30. The molecule has 1 atom stereocenters. The quantitative estimate of drug-likeness (QED) is 0.404. The third-order valence-corrected chi connectivity index (χ3v) is 8.20. The lowest BCUT2D eigenvalue weighted by Gasteiger charge is -2.32. The van der Waals surface area contributed by atoms with E-state index >= 15 is 0 Å². The molecule has 1 aliphatic rings. The van der Waals surface area contributed by atoms with E-state index in [4.69, 9.17) is 21.1 Å². The summed E-state index contributed by atoms with van der Waals surface area (Å²) in [6.45, 7) is 5.93. The molecule has 3 rings (SSSR count). The number of sulfonamides is 1. The van der Waals surface area contributed by atoms with E-state index in [0.29, 0.717) is 41.8 Å². The van der Waals surface area contributed by atoms with Crippen LogP contribution in [0.25, 0.3) is 0 Å². The molecule has 0 spiro atoms. The summed E-state index contributed by atoms with van der Waals surface area (Å²) < 4.78 is 38.4. The lowest BCUT2D eigenvalue weighted by molar-refractivity contribution is -0.139. The number of anilines is 1. The van der Waals surface area contributed by atoms with Gasteiger partial charge in [0.15, 0.2) is 11.5 Å². The molecule has 0 aromatic heterocycles. The number of fused-ring (bicyclic) bond motifs is 1. The van der Waals surface area contributed by atoms with Crippen LogP contribution in [0.1, 0.15) is 39.2 Å². The Kier molecular flexibility index (Phi) is 10.0. The fourth-order valence-electron chi connectivity index (χ4n) is 3.84. The number of benzene rings is 2. The van der Waals surface area contributed by atoms with E-state index in [2.05, 4.69) is 5.32 Å². The van der Waals surface area contributed by atoms with E-state index < -0.39 is 28.5 Å². The lowest BCUT2D eigenvalue weighted by Crippen LogP contribution is -2.51. The number of rotatable bonds is 12. The van der Waals surface area contributed by atoms with Crippen molar-refractivity contribution in [3.05, 3.63) is 53.1 Å². The first-order chi connectivity index (χ1) is 17.7. The Labute approximate surface area is 223 Å². The van der Waals surface area contributed by atoms with Gasteiger partial charge in [0.1, 0.15) is 25.8 Å². The van der Waals surface area contributed by atoms with Crippen molar-refractivity contribution >= 4 is 39.1 Å². The number of hydrogen-bond acceptors (Lipinski definition) is 6. The van der Waals surface area contributed by atoms with Crippen LogP contribution in [0.3, 0.4) is 0 Å². The van der Waals surface area contributed by atoms with Crippen LogP contribution < -0.4 is 19.1 Å². The molecular formula is C26H34ClN3O6S. The van der Waals surface area contributed by atoms with Gasteiger partial charge in [0.2, 0.25) is 21.8 Å². The first-order valence-electron chi connectivity index (χ1n) is 12.4. The van der Waals surface area contributed by atoms with Gasteiger partial charge < -0.3 is 19.7 Å². The Bertz CT molecular complexity index is 1210. The van der Waals surface area contributed by atoms with Crippen molar-refractivity contribution in [3.63, 3.8) is 0 Å². The molecule has 0 aliphatic carbocycles. The molecule has 2 aromatic rings. The Balaban J connectivity index is 1.93. The molecular weight excluding hydrogens is 518 g/mol. The van der Waals surface area contributed by atoms with Crippen LogP contribution in [0.2, 0.25) is 5.02 Å². The molecule has 0 bridgehead atoms. The number of amides is 2. The maximum absolute atomic E-state index is 13.7. The lowest BCUT2D eigenvalue weighted by atomic mass is 10.1. The molecule has 1 aliphatic heterocycles. The number of nitrogens with zero attached hydrogens (tertiary/aromatic N) is 2. The van der Waals surface area contributed by atoms with E-state index in [1.807, 2.05) is 6.92 Å². The number of carbonyl (C=O) groups is 2. The minimum absolute atomic E-state index is 0.0437.